The zero-order valence-electron chi connectivity index (χ0n) is 11.4. The van der Waals surface area contributed by atoms with E-state index in [-0.39, 0.29) is 12.6 Å². The van der Waals surface area contributed by atoms with Gasteiger partial charge >= 0.3 is 0 Å². The highest BCUT2D eigenvalue weighted by atomic mass is 16.5. The Balaban J connectivity index is 2.10. The Morgan fingerprint density at radius 2 is 2.11 bits per heavy atom. The number of hydrogen-bond acceptors (Lipinski definition) is 6. The van der Waals surface area contributed by atoms with E-state index in [1.165, 1.54) is 0 Å². The highest BCUT2D eigenvalue weighted by molar-refractivity contribution is 5.29. The van der Waals surface area contributed by atoms with Gasteiger partial charge in [-0.1, -0.05) is 0 Å². The van der Waals surface area contributed by atoms with E-state index in [1.54, 1.807) is 6.92 Å². The minimum Gasteiger partial charge on any atom is -0.482 e. The smallest absolute Gasteiger partial charge is 0.253 e. The number of nitrogens with zero attached hydrogens (tertiary/aromatic N) is 3. The summed E-state index contributed by atoms with van der Waals surface area (Å²) in [4.78, 5) is 4.46. The fourth-order valence-corrected chi connectivity index (χ4v) is 1.72. The maximum atomic E-state index is 5.82. The molecule has 0 saturated heterocycles. The van der Waals surface area contributed by atoms with Gasteiger partial charge in [-0.2, -0.15) is 0 Å². The molecular formula is C13H18N4O2. The van der Waals surface area contributed by atoms with Crippen LogP contribution in [0.15, 0.2) is 16.5 Å². The van der Waals surface area contributed by atoms with Gasteiger partial charge in [0.1, 0.15) is 5.75 Å². The summed E-state index contributed by atoms with van der Waals surface area (Å²) in [6.07, 6.45) is 0.667. The van der Waals surface area contributed by atoms with Crippen LogP contribution in [0.5, 0.6) is 5.75 Å². The second kappa shape index (κ2) is 5.79. The molecule has 0 spiro atoms. The Hall–Kier alpha value is -1.95. The number of pyridine rings is 1. The first kappa shape index (κ1) is 13.5. The summed E-state index contributed by atoms with van der Waals surface area (Å²) in [5, 5.41) is 7.63. The molecular weight excluding hydrogens is 244 g/mol. The fourth-order valence-electron chi connectivity index (χ4n) is 1.72. The topological polar surface area (TPSA) is 87.1 Å². The first-order valence-corrected chi connectivity index (χ1v) is 6.18. The van der Waals surface area contributed by atoms with Gasteiger partial charge in [-0.3, -0.25) is 4.98 Å². The summed E-state index contributed by atoms with van der Waals surface area (Å²) in [6, 6.07) is 3.82. The summed E-state index contributed by atoms with van der Waals surface area (Å²) >= 11 is 0. The van der Waals surface area contributed by atoms with Crippen molar-refractivity contribution < 1.29 is 9.15 Å². The number of hydrogen-bond donors (Lipinski definition) is 1. The molecule has 0 radical (unpaired) electrons. The largest absolute Gasteiger partial charge is 0.482 e. The predicted molar refractivity (Wildman–Crippen MR) is 69.7 cm³/mol. The molecule has 2 rings (SSSR count). The Kier molecular flexibility index (Phi) is 4.11. The lowest BCUT2D eigenvalue weighted by Crippen LogP contribution is -2.19. The van der Waals surface area contributed by atoms with Crippen molar-refractivity contribution in [1.29, 1.82) is 0 Å². The van der Waals surface area contributed by atoms with Crippen molar-refractivity contribution in [2.75, 3.05) is 0 Å². The van der Waals surface area contributed by atoms with Crippen LogP contribution < -0.4 is 10.5 Å². The molecule has 0 aliphatic rings. The summed E-state index contributed by atoms with van der Waals surface area (Å²) in [5.74, 6) is 1.68. The molecule has 0 aliphatic carbocycles. The molecule has 0 amide bonds. The molecule has 6 heteroatoms. The van der Waals surface area contributed by atoms with Crippen LogP contribution in [0.2, 0.25) is 0 Å². The molecule has 0 fully saturated rings. The van der Waals surface area contributed by atoms with E-state index >= 15 is 0 Å². The van der Waals surface area contributed by atoms with Gasteiger partial charge in [-0.25, -0.2) is 0 Å². The van der Waals surface area contributed by atoms with Gasteiger partial charge in [0.2, 0.25) is 5.89 Å². The van der Waals surface area contributed by atoms with Crippen molar-refractivity contribution in [2.45, 2.75) is 39.8 Å². The average Bonchev–Trinajstić information content (AvgIpc) is 2.73. The number of nitrogens with two attached hydrogens (primary N) is 1. The van der Waals surface area contributed by atoms with E-state index in [1.807, 2.05) is 26.0 Å². The SMILES string of the molecule is Cc1ccc(OCc2nnc(C)o2)c(CC(C)N)n1. The zero-order chi connectivity index (χ0) is 13.8. The molecule has 19 heavy (non-hydrogen) atoms. The van der Waals surface area contributed by atoms with E-state index in [2.05, 4.69) is 15.2 Å². The second-order valence-corrected chi connectivity index (χ2v) is 4.58. The van der Waals surface area contributed by atoms with Crippen molar-refractivity contribution >= 4 is 0 Å². The molecule has 6 nitrogen and oxygen atoms in total. The normalized spacial score (nSPS) is 12.4. The number of aryl methyl sites for hydroxylation is 2. The van der Waals surface area contributed by atoms with Crippen molar-refractivity contribution in [3.8, 4) is 5.75 Å². The van der Waals surface area contributed by atoms with E-state index in [0.717, 1.165) is 11.4 Å². The number of ether oxygens (including phenoxy) is 1. The maximum Gasteiger partial charge on any atom is 0.253 e. The van der Waals surface area contributed by atoms with Crippen LogP contribution in [0.25, 0.3) is 0 Å². The molecule has 0 aliphatic heterocycles. The highest BCUT2D eigenvalue weighted by Gasteiger charge is 2.10. The van der Waals surface area contributed by atoms with E-state index in [4.69, 9.17) is 14.9 Å². The minimum absolute atomic E-state index is 0.0299. The lowest BCUT2D eigenvalue weighted by molar-refractivity contribution is 0.256. The number of aromatic nitrogens is 3. The van der Waals surface area contributed by atoms with Crippen molar-refractivity contribution in [3.63, 3.8) is 0 Å². The quantitative estimate of drug-likeness (QED) is 0.879. The van der Waals surface area contributed by atoms with Gasteiger partial charge in [0.05, 0.1) is 5.69 Å². The standard InChI is InChI=1S/C13H18N4O2/c1-8(14)6-11-12(5-4-9(2)15-11)18-7-13-17-16-10(3)19-13/h4-5,8H,6-7,14H2,1-3H3. The van der Waals surface area contributed by atoms with Crippen LogP contribution in [0.4, 0.5) is 0 Å². The summed E-state index contributed by atoms with van der Waals surface area (Å²) in [7, 11) is 0. The predicted octanol–water partition coefficient (Wildman–Crippen LogP) is 1.55. The van der Waals surface area contributed by atoms with Crippen molar-refractivity contribution in [3.05, 3.63) is 35.3 Å². The molecule has 2 heterocycles. The molecule has 0 bridgehead atoms. The van der Waals surface area contributed by atoms with Crippen LogP contribution in [0.1, 0.15) is 30.1 Å². The molecule has 0 saturated carbocycles. The van der Waals surface area contributed by atoms with Crippen molar-refractivity contribution in [1.82, 2.24) is 15.2 Å². The Labute approximate surface area is 112 Å². The van der Waals surface area contributed by atoms with Gasteiger partial charge in [0.15, 0.2) is 6.61 Å². The Morgan fingerprint density at radius 1 is 1.32 bits per heavy atom. The average molecular weight is 262 g/mol. The molecule has 2 N–H and O–H groups in total. The van der Waals surface area contributed by atoms with Gasteiger partial charge in [-0.15, -0.1) is 10.2 Å². The lowest BCUT2D eigenvalue weighted by atomic mass is 10.1. The zero-order valence-corrected chi connectivity index (χ0v) is 11.4. The third-order valence-electron chi connectivity index (χ3n) is 2.51. The maximum absolute atomic E-state index is 5.82. The first-order chi connectivity index (χ1) is 9.04. The van der Waals surface area contributed by atoms with E-state index < -0.39 is 0 Å². The van der Waals surface area contributed by atoms with Crippen LogP contribution in [-0.4, -0.2) is 21.2 Å². The van der Waals surface area contributed by atoms with Gasteiger partial charge < -0.3 is 14.9 Å². The van der Waals surface area contributed by atoms with E-state index in [0.29, 0.717) is 24.0 Å². The van der Waals surface area contributed by atoms with Crippen LogP contribution in [0, 0.1) is 13.8 Å². The first-order valence-electron chi connectivity index (χ1n) is 6.18. The van der Waals surface area contributed by atoms with E-state index in [9.17, 15) is 0 Å². The molecule has 0 aromatic carbocycles. The molecule has 2 aromatic heterocycles. The van der Waals surface area contributed by atoms with Gasteiger partial charge in [0, 0.05) is 25.1 Å². The molecule has 1 unspecified atom stereocenters. The monoisotopic (exact) mass is 262 g/mol. The summed E-state index contributed by atoms with van der Waals surface area (Å²) < 4.78 is 10.9. The van der Waals surface area contributed by atoms with Gasteiger partial charge in [-0.05, 0) is 26.0 Å². The molecule has 1 atom stereocenters. The third kappa shape index (κ3) is 3.75. The third-order valence-corrected chi connectivity index (χ3v) is 2.51. The fraction of sp³-hybridized carbons (Fsp3) is 0.462. The van der Waals surface area contributed by atoms with Crippen molar-refractivity contribution in [2.24, 2.45) is 5.73 Å². The van der Waals surface area contributed by atoms with Crippen LogP contribution in [-0.2, 0) is 13.0 Å². The minimum atomic E-state index is 0.0299. The summed E-state index contributed by atoms with van der Waals surface area (Å²) in [6.45, 7) is 5.86. The van der Waals surface area contributed by atoms with Crippen LogP contribution in [0.3, 0.4) is 0 Å². The Morgan fingerprint density at radius 3 is 2.74 bits per heavy atom. The van der Waals surface area contributed by atoms with Crippen LogP contribution >= 0.6 is 0 Å². The lowest BCUT2D eigenvalue weighted by Gasteiger charge is -2.11. The van der Waals surface area contributed by atoms with Gasteiger partial charge in [0.25, 0.3) is 5.89 Å². The number of rotatable bonds is 5. The Bertz CT molecular complexity index is 551. The molecule has 102 valence electrons. The molecule has 2 aromatic rings. The highest BCUT2D eigenvalue weighted by Crippen LogP contribution is 2.19. The second-order valence-electron chi connectivity index (χ2n) is 4.58. The summed E-state index contributed by atoms with van der Waals surface area (Å²) in [5.41, 5.74) is 7.61.